The minimum absolute atomic E-state index is 0.228. The first kappa shape index (κ1) is 15.4. The van der Waals surface area contributed by atoms with Crippen molar-refractivity contribution in [3.8, 4) is 0 Å². The molecule has 0 aliphatic carbocycles. The summed E-state index contributed by atoms with van der Waals surface area (Å²) < 4.78 is 10.7. The molecule has 1 N–H and O–H groups in total. The Labute approximate surface area is 110 Å². The van der Waals surface area contributed by atoms with Crippen LogP contribution in [-0.2, 0) is 14.3 Å². The highest BCUT2D eigenvalue weighted by molar-refractivity contribution is 5.76. The highest BCUT2D eigenvalue weighted by Gasteiger charge is 2.15. The number of carbonyl (C=O) groups is 1. The number of ether oxygens (including phenoxy) is 2. The molecule has 0 aromatic heterocycles. The molecular formula is C13H26N2O3. The second-order valence-corrected chi connectivity index (χ2v) is 4.52. The summed E-state index contributed by atoms with van der Waals surface area (Å²) in [4.78, 5) is 13.7. The van der Waals surface area contributed by atoms with E-state index in [1.807, 2.05) is 11.9 Å². The zero-order valence-electron chi connectivity index (χ0n) is 11.5. The monoisotopic (exact) mass is 258 g/mol. The third-order valence-electron chi connectivity index (χ3n) is 3.04. The van der Waals surface area contributed by atoms with Gasteiger partial charge in [0.1, 0.15) is 0 Å². The third-order valence-corrected chi connectivity index (χ3v) is 3.04. The van der Waals surface area contributed by atoms with Gasteiger partial charge in [-0.2, -0.15) is 0 Å². The number of nitrogens with zero attached hydrogens (tertiary/aromatic N) is 1. The van der Waals surface area contributed by atoms with Crippen molar-refractivity contribution in [2.75, 3.05) is 53.1 Å². The molecule has 0 aromatic carbocycles. The lowest BCUT2D eigenvalue weighted by Gasteiger charge is -2.26. The van der Waals surface area contributed by atoms with Gasteiger partial charge < -0.3 is 19.7 Å². The first-order valence-corrected chi connectivity index (χ1v) is 6.92. The van der Waals surface area contributed by atoms with Crippen LogP contribution in [0.4, 0.5) is 0 Å². The van der Waals surface area contributed by atoms with E-state index in [0.717, 1.165) is 32.5 Å². The van der Waals surface area contributed by atoms with E-state index in [1.165, 1.54) is 6.42 Å². The van der Waals surface area contributed by atoms with Crippen molar-refractivity contribution < 1.29 is 14.3 Å². The van der Waals surface area contributed by atoms with Crippen LogP contribution in [0.3, 0.4) is 0 Å². The van der Waals surface area contributed by atoms with Crippen LogP contribution >= 0.6 is 0 Å². The van der Waals surface area contributed by atoms with Gasteiger partial charge in [-0.1, -0.05) is 0 Å². The maximum Gasteiger partial charge on any atom is 0.224 e. The lowest BCUT2D eigenvalue weighted by molar-refractivity contribution is -0.133. The molecule has 0 atom stereocenters. The molecule has 0 spiro atoms. The Bertz CT molecular complexity index is 218. The van der Waals surface area contributed by atoms with E-state index >= 15 is 0 Å². The lowest BCUT2D eigenvalue weighted by Crippen LogP contribution is -2.36. The third kappa shape index (κ3) is 6.93. The summed E-state index contributed by atoms with van der Waals surface area (Å²) >= 11 is 0. The second kappa shape index (κ2) is 10.3. The van der Waals surface area contributed by atoms with Crippen molar-refractivity contribution in [2.24, 2.45) is 0 Å². The Hall–Kier alpha value is -0.650. The van der Waals surface area contributed by atoms with Gasteiger partial charge in [-0.25, -0.2) is 0 Å². The largest absolute Gasteiger partial charge is 0.379 e. The molecule has 1 heterocycles. The van der Waals surface area contributed by atoms with Gasteiger partial charge in [0.15, 0.2) is 0 Å². The molecule has 5 heteroatoms. The number of amides is 1. The Morgan fingerprint density at radius 1 is 1.06 bits per heavy atom. The summed E-state index contributed by atoms with van der Waals surface area (Å²) in [5.41, 5.74) is 0. The Kier molecular flexibility index (Phi) is 8.81. The minimum atomic E-state index is 0.228. The van der Waals surface area contributed by atoms with E-state index in [0.29, 0.717) is 32.8 Å². The predicted octanol–water partition coefficient (Wildman–Crippen LogP) is 0.642. The fourth-order valence-corrected chi connectivity index (χ4v) is 1.96. The molecule has 0 aromatic rings. The molecule has 5 nitrogen and oxygen atoms in total. The summed E-state index contributed by atoms with van der Waals surface area (Å²) in [7, 11) is 1.89. The number of piperidine rings is 1. The summed E-state index contributed by atoms with van der Waals surface area (Å²) in [6, 6.07) is 0. The number of likely N-dealkylation sites (N-methyl/N-ethyl adjacent to an activating group) is 1. The first-order valence-electron chi connectivity index (χ1n) is 6.92. The molecule has 0 saturated carbocycles. The average Bonchev–Trinajstić information content (AvgIpc) is 2.42. The zero-order chi connectivity index (χ0) is 13.1. The number of carbonyl (C=O) groups excluding carboxylic acids is 1. The quantitative estimate of drug-likeness (QED) is 0.617. The van der Waals surface area contributed by atoms with Crippen LogP contribution in [-0.4, -0.2) is 63.9 Å². The van der Waals surface area contributed by atoms with E-state index in [4.69, 9.17) is 9.47 Å². The summed E-state index contributed by atoms with van der Waals surface area (Å²) in [5, 5.41) is 3.01. The Balaban J connectivity index is 1.89. The topological polar surface area (TPSA) is 50.8 Å². The molecule has 0 radical (unpaired) electrons. The lowest BCUT2D eigenvalue weighted by atomic mass is 10.1. The van der Waals surface area contributed by atoms with Crippen molar-refractivity contribution in [1.29, 1.82) is 0 Å². The molecule has 18 heavy (non-hydrogen) atoms. The predicted molar refractivity (Wildman–Crippen MR) is 70.6 cm³/mol. The van der Waals surface area contributed by atoms with Gasteiger partial charge >= 0.3 is 0 Å². The molecule has 1 amide bonds. The van der Waals surface area contributed by atoms with Crippen LogP contribution in [0.1, 0.15) is 25.7 Å². The highest BCUT2D eigenvalue weighted by atomic mass is 16.5. The molecule has 1 aliphatic heterocycles. The summed E-state index contributed by atoms with van der Waals surface area (Å²) in [6.45, 7) is 5.07. The minimum Gasteiger partial charge on any atom is -0.379 e. The Morgan fingerprint density at radius 3 is 2.39 bits per heavy atom. The van der Waals surface area contributed by atoms with Crippen molar-refractivity contribution in [3.05, 3.63) is 0 Å². The number of rotatable bonds is 9. The van der Waals surface area contributed by atoms with Crippen molar-refractivity contribution in [3.63, 3.8) is 0 Å². The van der Waals surface area contributed by atoms with E-state index in [9.17, 15) is 4.79 Å². The average molecular weight is 258 g/mol. The molecule has 1 aliphatic rings. The van der Waals surface area contributed by atoms with Crippen LogP contribution in [0.5, 0.6) is 0 Å². The zero-order valence-corrected chi connectivity index (χ0v) is 11.5. The maximum atomic E-state index is 11.8. The summed E-state index contributed by atoms with van der Waals surface area (Å²) in [6.07, 6.45) is 4.04. The first-order chi connectivity index (χ1) is 8.84. The number of hydrogen-bond donors (Lipinski definition) is 1. The fourth-order valence-electron chi connectivity index (χ4n) is 1.96. The van der Waals surface area contributed by atoms with Crippen molar-refractivity contribution >= 4 is 5.91 Å². The normalized spacial score (nSPS) is 15.9. The highest BCUT2D eigenvalue weighted by Crippen LogP contribution is 2.09. The number of nitrogens with one attached hydrogen (secondary N) is 1. The molecule has 1 rings (SSSR count). The van der Waals surface area contributed by atoms with Gasteiger partial charge in [-0.15, -0.1) is 0 Å². The van der Waals surface area contributed by atoms with Gasteiger partial charge in [0.2, 0.25) is 5.91 Å². The molecule has 1 saturated heterocycles. The maximum absolute atomic E-state index is 11.8. The van der Waals surface area contributed by atoms with Gasteiger partial charge in [0.25, 0.3) is 0 Å². The number of hydrogen-bond acceptors (Lipinski definition) is 4. The second-order valence-electron chi connectivity index (χ2n) is 4.52. The van der Waals surface area contributed by atoms with E-state index in [1.54, 1.807) is 0 Å². The fraction of sp³-hybridized carbons (Fsp3) is 0.923. The van der Waals surface area contributed by atoms with E-state index in [-0.39, 0.29) is 5.91 Å². The molecular weight excluding hydrogens is 232 g/mol. The molecule has 106 valence electrons. The van der Waals surface area contributed by atoms with Crippen LogP contribution in [0.2, 0.25) is 0 Å². The van der Waals surface area contributed by atoms with Gasteiger partial charge in [0.05, 0.1) is 32.8 Å². The SMILES string of the molecule is CNCCOCCOCCC(=O)N1CCCCC1. The van der Waals surface area contributed by atoms with Crippen LogP contribution in [0, 0.1) is 0 Å². The van der Waals surface area contributed by atoms with Crippen molar-refractivity contribution in [1.82, 2.24) is 10.2 Å². The smallest absolute Gasteiger partial charge is 0.224 e. The van der Waals surface area contributed by atoms with Crippen LogP contribution in [0.15, 0.2) is 0 Å². The van der Waals surface area contributed by atoms with Crippen LogP contribution in [0.25, 0.3) is 0 Å². The van der Waals surface area contributed by atoms with Gasteiger partial charge in [-0.05, 0) is 26.3 Å². The number of likely N-dealkylation sites (tertiary alicyclic amines) is 1. The molecule has 0 bridgehead atoms. The van der Waals surface area contributed by atoms with Crippen LogP contribution < -0.4 is 5.32 Å². The van der Waals surface area contributed by atoms with E-state index < -0.39 is 0 Å². The standard InChI is InChI=1S/C13H26N2O3/c1-14-6-10-18-12-11-17-9-5-13(16)15-7-3-2-4-8-15/h14H,2-12H2,1H3. The van der Waals surface area contributed by atoms with Gasteiger partial charge in [0, 0.05) is 19.6 Å². The Morgan fingerprint density at radius 2 is 1.72 bits per heavy atom. The summed E-state index contributed by atoms with van der Waals surface area (Å²) in [5.74, 6) is 0.228. The van der Waals surface area contributed by atoms with Crippen molar-refractivity contribution in [2.45, 2.75) is 25.7 Å². The molecule has 0 unspecified atom stereocenters. The molecule has 1 fully saturated rings. The van der Waals surface area contributed by atoms with Gasteiger partial charge in [-0.3, -0.25) is 4.79 Å². The van der Waals surface area contributed by atoms with E-state index in [2.05, 4.69) is 5.32 Å².